The minimum absolute atomic E-state index is 0.0304. The molecule has 2 aromatic rings. The number of urea groups is 1. The molecule has 4 heterocycles. The number of hydrogen-bond acceptors (Lipinski definition) is 13. The smallest absolute Gasteiger partial charge is 0.315 e. The van der Waals surface area contributed by atoms with Crippen LogP contribution in [0.3, 0.4) is 0 Å². The monoisotopic (exact) mass is 733 g/mol. The molecule has 51 heavy (non-hydrogen) atoms. The SMILES string of the molecule is C#CC(COCCOCCOCCOCCN(C(=O)CCCCCN)C(=O)CCCC[C@@H]1SC[C@@H]2NC(=O)N[C@@H]21)c1nc2nc(N)[nH]c(=O)c2[nH]1. The summed E-state index contributed by atoms with van der Waals surface area (Å²) >= 11 is 1.85. The van der Waals surface area contributed by atoms with Gasteiger partial charge in [0.1, 0.15) is 11.7 Å². The summed E-state index contributed by atoms with van der Waals surface area (Å²) in [6.07, 6.45) is 11.0. The molecule has 282 valence electrons. The van der Waals surface area contributed by atoms with Crippen LogP contribution in [-0.2, 0) is 28.5 Å². The Morgan fingerprint density at radius 3 is 2.25 bits per heavy atom. The van der Waals surface area contributed by atoms with Crippen LogP contribution in [0.2, 0.25) is 0 Å². The van der Waals surface area contributed by atoms with Gasteiger partial charge in [0.05, 0.1) is 71.5 Å². The van der Waals surface area contributed by atoms with E-state index >= 15 is 0 Å². The maximum atomic E-state index is 13.1. The first-order valence-electron chi connectivity index (χ1n) is 17.5. The van der Waals surface area contributed by atoms with E-state index in [1.54, 1.807) is 0 Å². The van der Waals surface area contributed by atoms with Crippen LogP contribution in [0.1, 0.15) is 63.1 Å². The summed E-state index contributed by atoms with van der Waals surface area (Å²) in [6.45, 7) is 3.15. The van der Waals surface area contributed by atoms with Crippen LogP contribution in [0.15, 0.2) is 4.79 Å². The molecule has 0 bridgehead atoms. The van der Waals surface area contributed by atoms with Crippen LogP contribution >= 0.6 is 11.8 Å². The van der Waals surface area contributed by atoms with E-state index in [-0.39, 0.29) is 66.8 Å². The van der Waals surface area contributed by atoms with Crippen molar-refractivity contribution in [3.8, 4) is 12.3 Å². The Morgan fingerprint density at radius 2 is 1.57 bits per heavy atom. The maximum Gasteiger partial charge on any atom is 0.315 e. The summed E-state index contributed by atoms with van der Waals surface area (Å²) in [7, 11) is 0. The van der Waals surface area contributed by atoms with Gasteiger partial charge in [-0.15, -0.1) is 6.42 Å². The number of carbonyl (C=O) groups is 3. The van der Waals surface area contributed by atoms with Gasteiger partial charge in [0.15, 0.2) is 11.2 Å². The van der Waals surface area contributed by atoms with Gasteiger partial charge >= 0.3 is 6.03 Å². The van der Waals surface area contributed by atoms with Crippen molar-refractivity contribution in [2.75, 3.05) is 77.4 Å². The van der Waals surface area contributed by atoms with Crippen LogP contribution in [0, 0.1) is 12.3 Å². The van der Waals surface area contributed by atoms with E-state index in [1.807, 2.05) is 11.8 Å². The lowest BCUT2D eigenvalue weighted by molar-refractivity contribution is -0.146. The largest absolute Gasteiger partial charge is 0.377 e. The number of amides is 4. The first-order chi connectivity index (χ1) is 24.8. The normalized spacial score (nSPS) is 18.7. The topological polar surface area (TPSA) is 242 Å². The summed E-state index contributed by atoms with van der Waals surface area (Å²) in [5, 5.41) is 6.28. The fourth-order valence-corrected chi connectivity index (χ4v) is 7.39. The molecular weight excluding hydrogens is 682 g/mol. The number of aromatic amines is 2. The Kier molecular flexibility index (Phi) is 17.0. The Morgan fingerprint density at radius 1 is 0.902 bits per heavy atom. The number of imide groups is 1. The molecule has 8 N–H and O–H groups in total. The summed E-state index contributed by atoms with van der Waals surface area (Å²) in [5.74, 6) is 2.97. The molecule has 2 aliphatic heterocycles. The predicted molar refractivity (Wildman–Crippen MR) is 192 cm³/mol. The number of rotatable bonds is 25. The third-order valence-corrected chi connectivity index (χ3v) is 10.1. The molecule has 17 nitrogen and oxygen atoms in total. The molecule has 4 rings (SSSR count). The lowest BCUT2D eigenvalue weighted by atomic mass is 10.0. The molecule has 0 spiro atoms. The molecule has 0 aromatic carbocycles. The second kappa shape index (κ2) is 21.6. The summed E-state index contributed by atoms with van der Waals surface area (Å²) in [4.78, 5) is 64.5. The molecular formula is C33H51N9O8S. The molecule has 4 atom stereocenters. The molecule has 2 aliphatic rings. The second-order valence-electron chi connectivity index (χ2n) is 12.3. The van der Waals surface area contributed by atoms with Crippen molar-refractivity contribution in [3.05, 3.63) is 16.2 Å². The van der Waals surface area contributed by atoms with E-state index in [9.17, 15) is 19.2 Å². The van der Waals surface area contributed by atoms with Gasteiger partial charge in [-0.2, -0.15) is 16.7 Å². The van der Waals surface area contributed by atoms with Crippen LogP contribution < -0.4 is 27.7 Å². The van der Waals surface area contributed by atoms with Crippen molar-refractivity contribution in [2.45, 2.75) is 74.6 Å². The van der Waals surface area contributed by atoms with Gasteiger partial charge in [-0.3, -0.25) is 24.3 Å². The van der Waals surface area contributed by atoms with Crippen LogP contribution in [0.4, 0.5) is 10.7 Å². The molecule has 1 unspecified atom stereocenters. The number of hydrogen-bond donors (Lipinski definition) is 6. The van der Waals surface area contributed by atoms with Crippen LogP contribution in [0.5, 0.6) is 0 Å². The van der Waals surface area contributed by atoms with Crippen molar-refractivity contribution in [1.82, 2.24) is 35.5 Å². The molecule has 2 fully saturated rings. The van der Waals surface area contributed by atoms with Crippen molar-refractivity contribution >= 4 is 46.7 Å². The first-order valence-corrected chi connectivity index (χ1v) is 18.6. The number of fused-ring (bicyclic) bond motifs is 2. The van der Waals surface area contributed by atoms with E-state index in [4.69, 9.17) is 36.8 Å². The highest BCUT2D eigenvalue weighted by atomic mass is 32.2. The molecule has 0 radical (unpaired) electrons. The average Bonchev–Trinajstić information content (AvgIpc) is 3.81. The van der Waals surface area contributed by atoms with E-state index in [0.717, 1.165) is 31.4 Å². The first kappa shape index (κ1) is 40.0. The van der Waals surface area contributed by atoms with Gasteiger partial charge in [0, 0.05) is 23.8 Å². The Bertz CT molecular complexity index is 1520. The number of anilines is 1. The third kappa shape index (κ3) is 12.8. The van der Waals surface area contributed by atoms with Crippen molar-refractivity contribution < 1.29 is 33.3 Å². The van der Waals surface area contributed by atoms with E-state index in [0.29, 0.717) is 82.9 Å². The highest BCUT2D eigenvalue weighted by molar-refractivity contribution is 8.00. The number of thioether (sulfide) groups is 1. The van der Waals surface area contributed by atoms with Crippen LogP contribution in [0.25, 0.3) is 11.2 Å². The second-order valence-corrected chi connectivity index (χ2v) is 13.6. The van der Waals surface area contributed by atoms with Gasteiger partial charge in [0.25, 0.3) is 5.56 Å². The lowest BCUT2D eigenvalue weighted by Gasteiger charge is -2.21. The lowest BCUT2D eigenvalue weighted by Crippen LogP contribution is -2.39. The quantitative estimate of drug-likeness (QED) is 0.0466. The highest BCUT2D eigenvalue weighted by Crippen LogP contribution is 2.33. The molecule has 2 aromatic heterocycles. The zero-order valence-corrected chi connectivity index (χ0v) is 29.8. The molecule has 0 aliphatic carbocycles. The molecule has 0 saturated carbocycles. The predicted octanol–water partition coefficient (Wildman–Crippen LogP) is 0.612. The van der Waals surface area contributed by atoms with E-state index in [2.05, 4.69) is 36.5 Å². The number of unbranched alkanes of at least 4 members (excludes halogenated alkanes) is 3. The summed E-state index contributed by atoms with van der Waals surface area (Å²) in [6, 6.07) is 0.216. The van der Waals surface area contributed by atoms with Crippen LogP contribution in [-0.4, -0.2) is 132 Å². The number of H-pyrrole nitrogens is 2. The molecule has 2 saturated heterocycles. The fraction of sp³-hybridized carbons (Fsp3) is 0.697. The average molecular weight is 734 g/mol. The maximum absolute atomic E-state index is 13.1. The number of nitrogens with zero attached hydrogens (tertiary/aromatic N) is 3. The number of nitrogen functional groups attached to an aromatic ring is 1. The number of nitrogens with one attached hydrogen (secondary N) is 4. The Hall–Kier alpha value is -3.73. The van der Waals surface area contributed by atoms with Gasteiger partial charge in [-0.25, -0.2) is 9.78 Å². The van der Waals surface area contributed by atoms with Gasteiger partial charge in [0.2, 0.25) is 17.8 Å². The number of terminal acetylenes is 1. The van der Waals surface area contributed by atoms with E-state index < -0.39 is 11.5 Å². The van der Waals surface area contributed by atoms with Crippen molar-refractivity contribution in [3.63, 3.8) is 0 Å². The van der Waals surface area contributed by atoms with Gasteiger partial charge < -0.3 is 46.0 Å². The highest BCUT2D eigenvalue weighted by Gasteiger charge is 2.42. The molecule has 18 heteroatoms. The fourth-order valence-electron chi connectivity index (χ4n) is 5.85. The zero-order valence-electron chi connectivity index (χ0n) is 29.0. The van der Waals surface area contributed by atoms with Crippen molar-refractivity contribution in [1.29, 1.82) is 0 Å². The van der Waals surface area contributed by atoms with E-state index in [1.165, 1.54) is 4.90 Å². The number of imidazole rings is 1. The number of ether oxygens (including phenoxy) is 4. The Labute approximate surface area is 301 Å². The third-order valence-electron chi connectivity index (χ3n) is 8.55. The van der Waals surface area contributed by atoms with Gasteiger partial charge in [-0.1, -0.05) is 18.8 Å². The summed E-state index contributed by atoms with van der Waals surface area (Å²) < 4.78 is 22.4. The minimum atomic E-state index is -0.510. The summed E-state index contributed by atoms with van der Waals surface area (Å²) in [5.41, 5.74) is 11.1. The van der Waals surface area contributed by atoms with Crippen molar-refractivity contribution in [2.24, 2.45) is 5.73 Å². The standard InChI is InChI=1S/C33H51N9O8S/c1-2-22(29-37-28-30(39-29)40-32(35)41-31(28)45)20-50-19-18-49-17-16-48-15-14-47-13-12-42(25(43)9-4-3-7-11-34)26(44)10-6-5-8-24-27-23(21-51-24)36-33(46)38-27/h1,22-24,27H,3-21,34H2,(H2,36,38,46)(H4,35,37,39,40,41,45)/t22?,23-,24-,27-/m0/s1. The number of aromatic nitrogens is 4. The minimum Gasteiger partial charge on any atom is -0.377 e. The zero-order chi connectivity index (χ0) is 36.4. The Balaban J connectivity index is 1.03. The number of carbonyl (C=O) groups excluding carboxylic acids is 3. The molecule has 4 amide bonds. The van der Waals surface area contributed by atoms with Gasteiger partial charge in [-0.05, 0) is 32.2 Å². The number of nitrogens with two attached hydrogens (primary N) is 2.